The molecule has 0 spiro atoms. The molecule has 1 atom stereocenters. The van der Waals surface area contributed by atoms with Crippen LogP contribution in [0.25, 0.3) is 0 Å². The quantitative estimate of drug-likeness (QED) is 0.595. The molecule has 2 aliphatic rings. The summed E-state index contributed by atoms with van der Waals surface area (Å²) in [5, 5.41) is 14.5. The zero-order valence-corrected chi connectivity index (χ0v) is 16.2. The zero-order chi connectivity index (χ0) is 18.0. The smallest absolute Gasteiger partial charge is 0.271 e. The first-order chi connectivity index (χ1) is 11.9. The number of rotatable bonds is 5. The summed E-state index contributed by atoms with van der Waals surface area (Å²) < 4.78 is 32.5. The molecule has 2 heterocycles. The second-order valence-electron chi connectivity index (χ2n) is 6.54. The number of hydrogen-bond donors (Lipinski definition) is 1. The lowest BCUT2D eigenvalue weighted by atomic mass is 9.89. The number of benzene rings is 1. The fourth-order valence-electron chi connectivity index (χ4n) is 3.75. The third kappa shape index (κ3) is 4.11. The van der Waals surface area contributed by atoms with E-state index in [4.69, 9.17) is 4.74 Å². The van der Waals surface area contributed by atoms with Crippen LogP contribution in [-0.2, 0) is 10.0 Å². The molecule has 2 aliphatic heterocycles. The van der Waals surface area contributed by atoms with Crippen LogP contribution in [0.3, 0.4) is 0 Å². The largest absolute Gasteiger partial charge is 0.495 e. The number of non-ortho nitro benzene ring substituents is 1. The Labute approximate surface area is 159 Å². The van der Waals surface area contributed by atoms with E-state index in [1.54, 1.807) is 0 Å². The Bertz CT molecular complexity index is 744. The minimum atomic E-state index is -3.82. The van der Waals surface area contributed by atoms with Crippen LogP contribution in [0.15, 0.2) is 23.1 Å². The highest BCUT2D eigenvalue weighted by Gasteiger charge is 2.35. The molecule has 0 bridgehead atoms. The van der Waals surface area contributed by atoms with Gasteiger partial charge in [-0.3, -0.25) is 10.1 Å². The van der Waals surface area contributed by atoms with E-state index in [9.17, 15) is 18.5 Å². The summed E-state index contributed by atoms with van der Waals surface area (Å²) >= 11 is 0. The van der Waals surface area contributed by atoms with Crippen LogP contribution in [0, 0.1) is 16.0 Å². The van der Waals surface area contributed by atoms with Crippen LogP contribution in [0.4, 0.5) is 5.69 Å². The number of nitrogens with zero attached hydrogens (tertiary/aromatic N) is 2. The van der Waals surface area contributed by atoms with E-state index in [-0.39, 0.29) is 28.7 Å². The molecule has 1 aromatic rings. The molecular formula is C16H24ClN3O5S. The molecule has 8 nitrogen and oxygen atoms in total. The number of piperidine rings is 1. The van der Waals surface area contributed by atoms with E-state index in [1.165, 1.54) is 30.0 Å². The molecule has 3 rings (SSSR count). The molecule has 1 unspecified atom stereocenters. The monoisotopic (exact) mass is 405 g/mol. The SMILES string of the molecule is COc1ccc([N+](=O)[O-])cc1S(=O)(=O)N1CCC(C2CCCN2)CC1.Cl. The first-order valence-corrected chi connectivity index (χ1v) is 9.93. The van der Waals surface area contributed by atoms with Crippen molar-refractivity contribution in [2.45, 2.75) is 36.6 Å². The van der Waals surface area contributed by atoms with Gasteiger partial charge in [0.05, 0.1) is 12.0 Å². The van der Waals surface area contributed by atoms with Crippen molar-refractivity contribution >= 4 is 28.1 Å². The normalized spacial score (nSPS) is 22.0. The summed E-state index contributed by atoms with van der Waals surface area (Å²) in [6.07, 6.45) is 3.92. The van der Waals surface area contributed by atoms with E-state index in [1.807, 2.05) is 0 Å². The summed E-state index contributed by atoms with van der Waals surface area (Å²) in [7, 11) is -2.46. The molecule has 146 valence electrons. The maximum absolute atomic E-state index is 13.0. The molecule has 2 saturated heterocycles. The number of nitro groups is 1. The van der Waals surface area contributed by atoms with Crippen LogP contribution >= 0.6 is 12.4 Å². The Kier molecular flexibility index (Phi) is 6.84. The predicted octanol–water partition coefficient (Wildman–Crippen LogP) is 2.18. The van der Waals surface area contributed by atoms with Gasteiger partial charge >= 0.3 is 0 Å². The van der Waals surface area contributed by atoms with Crippen LogP contribution in [0.1, 0.15) is 25.7 Å². The Morgan fingerprint density at radius 1 is 1.27 bits per heavy atom. The van der Waals surface area contributed by atoms with Gasteiger partial charge in [-0.1, -0.05) is 0 Å². The van der Waals surface area contributed by atoms with Gasteiger partial charge in [0, 0.05) is 31.3 Å². The highest BCUT2D eigenvalue weighted by atomic mass is 35.5. The number of nitro benzene ring substituents is 1. The fourth-order valence-corrected chi connectivity index (χ4v) is 5.40. The summed E-state index contributed by atoms with van der Waals surface area (Å²) in [4.78, 5) is 10.3. The number of sulfonamides is 1. The molecule has 1 N–H and O–H groups in total. The number of methoxy groups -OCH3 is 1. The Morgan fingerprint density at radius 3 is 2.50 bits per heavy atom. The summed E-state index contributed by atoms with van der Waals surface area (Å²) in [5.74, 6) is 0.617. The number of nitrogens with one attached hydrogen (secondary N) is 1. The minimum absolute atomic E-state index is 0. The van der Waals surface area contributed by atoms with Crippen molar-refractivity contribution in [2.24, 2.45) is 5.92 Å². The molecule has 0 aliphatic carbocycles. The molecule has 2 fully saturated rings. The third-order valence-corrected chi connectivity index (χ3v) is 7.06. The Balaban J connectivity index is 0.00000243. The van der Waals surface area contributed by atoms with Gasteiger partial charge in [-0.25, -0.2) is 8.42 Å². The van der Waals surface area contributed by atoms with E-state index in [0.29, 0.717) is 25.0 Å². The van der Waals surface area contributed by atoms with Crippen molar-refractivity contribution < 1.29 is 18.1 Å². The first kappa shape index (κ1) is 20.9. The second kappa shape index (κ2) is 8.51. The highest BCUT2D eigenvalue weighted by Crippen LogP contribution is 2.33. The van der Waals surface area contributed by atoms with Crippen molar-refractivity contribution in [1.29, 1.82) is 0 Å². The molecule has 0 aromatic heterocycles. The van der Waals surface area contributed by atoms with Crippen LogP contribution in [0.5, 0.6) is 5.75 Å². The average molecular weight is 406 g/mol. The topological polar surface area (TPSA) is 102 Å². The molecule has 0 radical (unpaired) electrons. The van der Waals surface area contributed by atoms with Crippen LogP contribution < -0.4 is 10.1 Å². The van der Waals surface area contributed by atoms with E-state index < -0.39 is 14.9 Å². The number of ether oxygens (including phenoxy) is 1. The second-order valence-corrected chi connectivity index (χ2v) is 8.44. The molecule has 10 heteroatoms. The third-order valence-electron chi connectivity index (χ3n) is 5.14. The maximum atomic E-state index is 13.0. The van der Waals surface area contributed by atoms with Crippen LogP contribution in [-0.4, -0.2) is 50.4 Å². The van der Waals surface area contributed by atoms with Crippen molar-refractivity contribution in [1.82, 2.24) is 9.62 Å². The van der Waals surface area contributed by atoms with Gasteiger partial charge in [-0.05, 0) is 44.2 Å². The summed E-state index contributed by atoms with van der Waals surface area (Å²) in [5.41, 5.74) is -0.260. The molecular weight excluding hydrogens is 382 g/mol. The molecule has 26 heavy (non-hydrogen) atoms. The summed E-state index contributed by atoms with van der Waals surface area (Å²) in [6.45, 7) is 1.89. The predicted molar refractivity (Wildman–Crippen MR) is 99.4 cm³/mol. The van der Waals surface area contributed by atoms with Gasteiger partial charge in [0.2, 0.25) is 10.0 Å². The molecule has 1 aromatic carbocycles. The van der Waals surface area contributed by atoms with Gasteiger partial charge in [0.25, 0.3) is 5.69 Å². The lowest BCUT2D eigenvalue weighted by molar-refractivity contribution is -0.385. The number of hydrogen-bond acceptors (Lipinski definition) is 6. The van der Waals surface area contributed by atoms with E-state index in [2.05, 4.69) is 5.32 Å². The summed E-state index contributed by atoms with van der Waals surface area (Å²) in [6, 6.07) is 4.15. The van der Waals surface area contributed by atoms with E-state index >= 15 is 0 Å². The first-order valence-electron chi connectivity index (χ1n) is 8.49. The Morgan fingerprint density at radius 2 is 1.96 bits per heavy atom. The van der Waals surface area contributed by atoms with Gasteiger partial charge in [0.15, 0.2) is 0 Å². The molecule has 0 amide bonds. The van der Waals surface area contributed by atoms with Crippen molar-refractivity contribution in [2.75, 3.05) is 26.7 Å². The van der Waals surface area contributed by atoms with Crippen LogP contribution in [0.2, 0.25) is 0 Å². The Hall–Kier alpha value is -1.42. The van der Waals surface area contributed by atoms with Crippen molar-refractivity contribution in [3.8, 4) is 5.75 Å². The van der Waals surface area contributed by atoms with Gasteiger partial charge in [-0.2, -0.15) is 4.31 Å². The zero-order valence-electron chi connectivity index (χ0n) is 14.6. The fraction of sp³-hybridized carbons (Fsp3) is 0.625. The van der Waals surface area contributed by atoms with Gasteiger partial charge in [0.1, 0.15) is 10.6 Å². The lowest BCUT2D eigenvalue weighted by Crippen LogP contribution is -2.43. The lowest BCUT2D eigenvalue weighted by Gasteiger charge is -2.34. The average Bonchev–Trinajstić information content (AvgIpc) is 3.16. The maximum Gasteiger partial charge on any atom is 0.271 e. The van der Waals surface area contributed by atoms with Gasteiger partial charge < -0.3 is 10.1 Å². The van der Waals surface area contributed by atoms with Gasteiger partial charge in [-0.15, -0.1) is 12.4 Å². The van der Waals surface area contributed by atoms with E-state index in [0.717, 1.165) is 31.9 Å². The highest BCUT2D eigenvalue weighted by molar-refractivity contribution is 7.89. The number of halogens is 1. The van der Waals surface area contributed by atoms with Crippen molar-refractivity contribution in [3.05, 3.63) is 28.3 Å². The standard InChI is InChI=1S/C16H23N3O5S.ClH/c1-24-15-5-4-13(19(20)21)11-16(15)25(22,23)18-9-6-12(7-10-18)14-3-2-8-17-14;/h4-5,11-12,14,17H,2-3,6-10H2,1H3;1H. The minimum Gasteiger partial charge on any atom is -0.495 e. The van der Waals surface area contributed by atoms with Crippen molar-refractivity contribution in [3.63, 3.8) is 0 Å². The molecule has 0 saturated carbocycles.